The van der Waals surface area contributed by atoms with Crippen molar-refractivity contribution in [3.8, 4) is 0 Å². The van der Waals surface area contributed by atoms with Crippen LogP contribution in [0, 0.1) is 0 Å². The molecule has 6 heteroatoms. The van der Waals surface area contributed by atoms with E-state index < -0.39 is 18.2 Å². The van der Waals surface area contributed by atoms with Crippen LogP contribution in [0.1, 0.15) is 5.69 Å². The fourth-order valence-corrected chi connectivity index (χ4v) is 1.09. The number of H-pyrrole nitrogens is 1. The molecule has 62 valence electrons. The van der Waals surface area contributed by atoms with Crippen LogP contribution in [0.15, 0.2) is 10.7 Å². The van der Waals surface area contributed by atoms with Crippen LogP contribution in [-0.4, -0.2) is 21.9 Å². The summed E-state index contributed by atoms with van der Waals surface area (Å²) in [6.45, 7) is -1.23. The van der Waals surface area contributed by atoms with Gasteiger partial charge in [-0.2, -0.15) is 13.9 Å². The van der Waals surface area contributed by atoms with Crippen LogP contribution in [0.2, 0.25) is 0 Å². The Morgan fingerprint density at radius 3 is 2.73 bits per heavy atom. The van der Waals surface area contributed by atoms with E-state index in [1.807, 2.05) is 0 Å². The third kappa shape index (κ3) is 1.57. The highest BCUT2D eigenvalue weighted by atomic mass is 79.9. The highest BCUT2D eigenvalue weighted by Gasteiger charge is 2.34. The van der Waals surface area contributed by atoms with Gasteiger partial charge in [-0.1, -0.05) is 0 Å². The first-order chi connectivity index (χ1) is 5.08. The molecule has 0 spiro atoms. The van der Waals surface area contributed by atoms with Gasteiger partial charge in [0.1, 0.15) is 12.3 Å². The zero-order valence-corrected chi connectivity index (χ0v) is 6.90. The Bertz CT molecular complexity index is 250. The van der Waals surface area contributed by atoms with Crippen LogP contribution in [0.5, 0.6) is 0 Å². The van der Waals surface area contributed by atoms with E-state index in [2.05, 4.69) is 26.1 Å². The van der Waals surface area contributed by atoms with Gasteiger partial charge in [-0.05, 0) is 15.9 Å². The molecule has 0 fully saturated rings. The fraction of sp³-hybridized carbons (Fsp3) is 0.400. The molecule has 0 saturated heterocycles. The van der Waals surface area contributed by atoms with Gasteiger partial charge < -0.3 is 5.11 Å². The summed E-state index contributed by atoms with van der Waals surface area (Å²) in [5.41, 5.74) is -0.403. The van der Waals surface area contributed by atoms with Crippen molar-refractivity contribution < 1.29 is 13.9 Å². The van der Waals surface area contributed by atoms with Gasteiger partial charge in [0.25, 0.3) is 0 Å². The molecule has 0 unspecified atom stereocenters. The molecule has 0 aliphatic rings. The van der Waals surface area contributed by atoms with E-state index in [1.54, 1.807) is 0 Å². The first-order valence-electron chi connectivity index (χ1n) is 2.76. The minimum absolute atomic E-state index is 0.163. The van der Waals surface area contributed by atoms with Crippen molar-refractivity contribution in [1.29, 1.82) is 0 Å². The average Bonchev–Trinajstić information content (AvgIpc) is 2.36. The predicted molar refractivity (Wildman–Crippen MR) is 37.3 cm³/mol. The minimum atomic E-state index is -3.25. The summed E-state index contributed by atoms with van der Waals surface area (Å²) >= 11 is 2.86. The number of nitrogens with zero attached hydrogens (tertiary/aromatic N) is 1. The first-order valence-corrected chi connectivity index (χ1v) is 3.55. The second-order valence-electron chi connectivity index (χ2n) is 1.96. The monoisotopic (exact) mass is 226 g/mol. The Kier molecular flexibility index (Phi) is 2.24. The fourth-order valence-electron chi connectivity index (χ4n) is 0.607. The van der Waals surface area contributed by atoms with Crippen molar-refractivity contribution in [1.82, 2.24) is 10.2 Å². The van der Waals surface area contributed by atoms with Crippen LogP contribution in [0.3, 0.4) is 0 Å². The van der Waals surface area contributed by atoms with E-state index in [9.17, 15) is 8.78 Å². The normalized spacial score (nSPS) is 12.0. The second kappa shape index (κ2) is 2.86. The third-order valence-electron chi connectivity index (χ3n) is 1.16. The number of aromatic nitrogens is 2. The number of nitrogens with one attached hydrogen (secondary N) is 1. The molecule has 0 atom stereocenters. The molecule has 11 heavy (non-hydrogen) atoms. The van der Waals surface area contributed by atoms with E-state index in [0.29, 0.717) is 0 Å². The molecule has 0 saturated carbocycles. The van der Waals surface area contributed by atoms with E-state index in [4.69, 9.17) is 5.11 Å². The van der Waals surface area contributed by atoms with Crippen LogP contribution in [0.25, 0.3) is 0 Å². The van der Waals surface area contributed by atoms with Crippen molar-refractivity contribution in [3.05, 3.63) is 16.4 Å². The number of alkyl halides is 2. The standard InChI is InChI=1S/C5H5BrF2N2O/c6-3-1-9-10-4(3)5(7,8)2-11/h1,11H,2H2,(H,9,10). The number of aromatic amines is 1. The van der Waals surface area contributed by atoms with E-state index in [-0.39, 0.29) is 4.47 Å². The van der Waals surface area contributed by atoms with Gasteiger partial charge in [-0.3, -0.25) is 5.10 Å². The highest BCUT2D eigenvalue weighted by molar-refractivity contribution is 9.10. The Hall–Kier alpha value is -0.490. The minimum Gasteiger partial charge on any atom is -0.390 e. The molecule has 1 rings (SSSR count). The third-order valence-corrected chi connectivity index (χ3v) is 1.76. The van der Waals surface area contributed by atoms with Gasteiger partial charge >= 0.3 is 5.92 Å². The molecule has 1 heterocycles. The molecule has 3 nitrogen and oxygen atoms in total. The van der Waals surface area contributed by atoms with Crippen molar-refractivity contribution in [2.75, 3.05) is 6.61 Å². The maximum atomic E-state index is 12.6. The molecule has 2 N–H and O–H groups in total. The Labute approximate surface area is 69.6 Å². The smallest absolute Gasteiger partial charge is 0.312 e. The lowest BCUT2D eigenvalue weighted by Crippen LogP contribution is -2.19. The molecular formula is C5H5BrF2N2O. The predicted octanol–water partition coefficient (Wildman–Crippen LogP) is 1.26. The summed E-state index contributed by atoms with van der Waals surface area (Å²) in [5, 5.41) is 13.7. The maximum Gasteiger partial charge on any atom is 0.312 e. The first kappa shape index (κ1) is 8.61. The van der Waals surface area contributed by atoms with Crippen molar-refractivity contribution in [2.45, 2.75) is 5.92 Å². The Morgan fingerprint density at radius 1 is 1.73 bits per heavy atom. The topological polar surface area (TPSA) is 48.9 Å². The maximum absolute atomic E-state index is 12.6. The van der Waals surface area contributed by atoms with Crippen LogP contribution in [-0.2, 0) is 5.92 Å². The van der Waals surface area contributed by atoms with Gasteiger partial charge in [0.2, 0.25) is 0 Å². The summed E-state index contributed by atoms with van der Waals surface area (Å²) in [7, 11) is 0. The molecule has 0 aliphatic carbocycles. The van der Waals surface area contributed by atoms with Crippen LogP contribution >= 0.6 is 15.9 Å². The molecule has 0 aromatic carbocycles. The summed E-state index contributed by atoms with van der Waals surface area (Å²) in [5.74, 6) is -3.25. The SMILES string of the molecule is OCC(F)(F)c1[nH]ncc1Br. The number of hydrogen-bond acceptors (Lipinski definition) is 2. The zero-order valence-electron chi connectivity index (χ0n) is 5.31. The van der Waals surface area contributed by atoms with Gasteiger partial charge in [0.05, 0.1) is 10.7 Å². The quantitative estimate of drug-likeness (QED) is 0.798. The number of hydrogen-bond donors (Lipinski definition) is 2. The van der Waals surface area contributed by atoms with Crippen molar-refractivity contribution in [2.24, 2.45) is 0 Å². The van der Waals surface area contributed by atoms with Crippen LogP contribution < -0.4 is 0 Å². The highest BCUT2D eigenvalue weighted by Crippen LogP contribution is 2.30. The molecule has 0 aliphatic heterocycles. The lowest BCUT2D eigenvalue weighted by atomic mass is 10.2. The summed E-state index contributed by atoms with van der Waals surface area (Å²) in [4.78, 5) is 0. The lowest BCUT2D eigenvalue weighted by molar-refractivity contribution is -0.0598. The summed E-state index contributed by atoms with van der Waals surface area (Å²) < 4.78 is 25.4. The molecule has 1 aromatic rings. The number of aliphatic hydroxyl groups is 1. The number of aliphatic hydroxyl groups excluding tert-OH is 1. The Morgan fingerprint density at radius 2 is 2.36 bits per heavy atom. The molecule has 0 bridgehead atoms. The van der Waals surface area contributed by atoms with Gasteiger partial charge in [-0.25, -0.2) is 0 Å². The number of rotatable bonds is 2. The zero-order chi connectivity index (χ0) is 8.48. The number of halogens is 3. The second-order valence-corrected chi connectivity index (χ2v) is 2.81. The largest absolute Gasteiger partial charge is 0.390 e. The molecule has 0 amide bonds. The molecule has 1 aromatic heterocycles. The van der Waals surface area contributed by atoms with Gasteiger partial charge in [-0.15, -0.1) is 0 Å². The average molecular weight is 227 g/mol. The van der Waals surface area contributed by atoms with E-state index >= 15 is 0 Å². The van der Waals surface area contributed by atoms with Gasteiger partial charge in [0, 0.05) is 0 Å². The van der Waals surface area contributed by atoms with E-state index in [0.717, 1.165) is 0 Å². The lowest BCUT2D eigenvalue weighted by Gasteiger charge is -2.10. The summed E-state index contributed by atoms with van der Waals surface area (Å²) in [6, 6.07) is 0. The van der Waals surface area contributed by atoms with Crippen molar-refractivity contribution >= 4 is 15.9 Å². The molecule has 0 radical (unpaired) electrons. The van der Waals surface area contributed by atoms with Crippen LogP contribution in [0.4, 0.5) is 8.78 Å². The molecular weight excluding hydrogens is 222 g/mol. The van der Waals surface area contributed by atoms with E-state index in [1.165, 1.54) is 6.20 Å². The van der Waals surface area contributed by atoms with Crippen molar-refractivity contribution in [3.63, 3.8) is 0 Å². The Balaban J connectivity index is 3.00. The van der Waals surface area contributed by atoms with Gasteiger partial charge in [0.15, 0.2) is 0 Å². The summed E-state index contributed by atoms with van der Waals surface area (Å²) in [6.07, 6.45) is 1.21.